The third-order valence-electron chi connectivity index (χ3n) is 5.80. The Morgan fingerprint density at radius 2 is 1.30 bits per heavy atom. The molecule has 0 radical (unpaired) electrons. The van der Waals surface area contributed by atoms with Crippen LogP contribution in [0.3, 0.4) is 0 Å². The summed E-state index contributed by atoms with van der Waals surface area (Å²) in [5, 5.41) is 5.73. The van der Waals surface area contributed by atoms with Crippen LogP contribution < -0.4 is 0 Å². The van der Waals surface area contributed by atoms with Gasteiger partial charge in [0.1, 0.15) is 0 Å². The molecular formula is C28H34GeZr. The number of hydrogen-bond donors (Lipinski definition) is 0. The van der Waals surface area contributed by atoms with Crippen LogP contribution in [0.4, 0.5) is 0 Å². The van der Waals surface area contributed by atoms with Crippen molar-refractivity contribution in [3.63, 3.8) is 0 Å². The molecule has 0 aliphatic carbocycles. The fourth-order valence-electron chi connectivity index (χ4n) is 3.40. The first-order valence-corrected chi connectivity index (χ1v) is 21.2. The van der Waals surface area contributed by atoms with Crippen LogP contribution in [0.5, 0.6) is 0 Å². The van der Waals surface area contributed by atoms with Gasteiger partial charge in [-0.1, -0.05) is 69.7 Å². The average molecular weight is 534 g/mol. The summed E-state index contributed by atoms with van der Waals surface area (Å²) in [4.78, 5) is 0. The molecular weight excluding hydrogens is 500 g/mol. The minimum Gasteiger partial charge on any atom is -0.196 e. The standard InChI is InChI=1S/C15H11.C9H13.C4H10Ge.Zr/c1-2-6-12(7-3-1)15-11-10-13-8-4-5-9-14(13)15;1-6-5-7(2)9(4)8(6)3;1-3-5-4-2;/h1-11H;5H,1-4H3;3-4H2,1-2H3;/q2*-1;;+2. The molecule has 0 bridgehead atoms. The van der Waals surface area contributed by atoms with Gasteiger partial charge in [0, 0.05) is 0 Å². The summed E-state index contributed by atoms with van der Waals surface area (Å²) in [5.41, 5.74) is 8.36. The van der Waals surface area contributed by atoms with E-state index >= 15 is 0 Å². The van der Waals surface area contributed by atoms with E-state index in [2.05, 4.69) is 114 Å². The van der Waals surface area contributed by atoms with Gasteiger partial charge in [0.2, 0.25) is 0 Å². The van der Waals surface area contributed by atoms with Gasteiger partial charge in [-0.25, -0.2) is 0 Å². The normalized spacial score (nSPS) is 10.1. The first kappa shape index (κ1) is 25.1. The van der Waals surface area contributed by atoms with Crippen molar-refractivity contribution in [1.29, 1.82) is 0 Å². The van der Waals surface area contributed by atoms with E-state index in [1.165, 1.54) is 54.7 Å². The second-order valence-corrected chi connectivity index (χ2v) is 22.3. The van der Waals surface area contributed by atoms with Gasteiger partial charge in [-0.3, -0.25) is 0 Å². The maximum absolute atomic E-state index is 2.33. The van der Waals surface area contributed by atoms with E-state index in [0.717, 1.165) is 0 Å². The Morgan fingerprint density at radius 3 is 1.77 bits per heavy atom. The van der Waals surface area contributed by atoms with Gasteiger partial charge >= 0.3 is 55.9 Å². The van der Waals surface area contributed by atoms with Crippen molar-refractivity contribution >= 4 is 20.7 Å². The molecule has 4 aromatic carbocycles. The largest absolute Gasteiger partial charge is 0.196 e. The molecule has 0 aromatic heterocycles. The van der Waals surface area contributed by atoms with Crippen molar-refractivity contribution < 1.29 is 21.6 Å². The van der Waals surface area contributed by atoms with Crippen LogP contribution in [0.2, 0.25) is 10.5 Å². The van der Waals surface area contributed by atoms with Gasteiger partial charge < -0.3 is 0 Å². The monoisotopic (exact) mass is 534 g/mol. The predicted molar refractivity (Wildman–Crippen MR) is 133 cm³/mol. The number of rotatable bonds is 3. The quantitative estimate of drug-likeness (QED) is 0.183. The second-order valence-electron chi connectivity index (χ2n) is 7.77. The molecule has 0 saturated heterocycles. The SMILES string of the molecule is C[CH2][Ge](=[Zr+2])[CH2]C.Cc1[cH-]c(C)c(C)c1C.c1ccc(-c2c[cH-]c3ccccc23)cc1. The number of hydrogen-bond acceptors (Lipinski definition) is 0. The Kier molecular flexibility index (Phi) is 10.6. The summed E-state index contributed by atoms with van der Waals surface area (Å²) < 4.78 is 0. The summed E-state index contributed by atoms with van der Waals surface area (Å²) in [7, 11) is -0.290. The third kappa shape index (κ3) is 6.93. The van der Waals surface area contributed by atoms with Crippen molar-refractivity contribution in [2.45, 2.75) is 52.0 Å². The molecule has 4 aromatic rings. The zero-order chi connectivity index (χ0) is 22.1. The van der Waals surface area contributed by atoms with Crippen LogP contribution in [0.25, 0.3) is 21.9 Å². The zero-order valence-corrected chi connectivity index (χ0v) is 23.9. The molecule has 0 aliphatic heterocycles. The van der Waals surface area contributed by atoms with Gasteiger partial charge in [0.25, 0.3) is 0 Å². The molecule has 154 valence electrons. The van der Waals surface area contributed by atoms with Gasteiger partial charge in [-0.05, 0) is 0 Å². The Hall–Kier alpha value is -1.17. The van der Waals surface area contributed by atoms with E-state index in [-0.39, 0.29) is 9.98 Å². The molecule has 0 saturated carbocycles. The van der Waals surface area contributed by atoms with Crippen LogP contribution in [-0.2, 0) is 21.6 Å². The summed E-state index contributed by atoms with van der Waals surface area (Å²) in [6.45, 7) is 13.3. The minimum atomic E-state index is -0.290. The Bertz CT molecular complexity index is 1040. The van der Waals surface area contributed by atoms with Crippen molar-refractivity contribution in [1.82, 2.24) is 0 Å². The number of benzene rings is 2. The van der Waals surface area contributed by atoms with E-state index in [4.69, 9.17) is 0 Å². The Morgan fingerprint density at radius 1 is 0.767 bits per heavy atom. The first-order valence-electron chi connectivity index (χ1n) is 10.8. The second kappa shape index (κ2) is 12.6. The topological polar surface area (TPSA) is 0 Å². The summed E-state index contributed by atoms with van der Waals surface area (Å²) >= 11 is 1.87. The van der Waals surface area contributed by atoms with E-state index in [1.54, 1.807) is 0 Å². The molecule has 0 fully saturated rings. The average Bonchev–Trinajstić information content (AvgIpc) is 3.31. The molecule has 4 rings (SSSR count). The molecule has 0 heterocycles. The van der Waals surface area contributed by atoms with Crippen molar-refractivity contribution in [2.75, 3.05) is 0 Å². The maximum atomic E-state index is 2.33. The molecule has 30 heavy (non-hydrogen) atoms. The molecule has 2 heteroatoms. The molecule has 0 unspecified atom stereocenters. The molecule has 0 amide bonds. The van der Waals surface area contributed by atoms with E-state index < -0.39 is 0 Å². The van der Waals surface area contributed by atoms with E-state index in [1.807, 2.05) is 21.6 Å². The molecule has 0 spiro atoms. The van der Waals surface area contributed by atoms with Crippen molar-refractivity contribution in [3.8, 4) is 11.1 Å². The fraction of sp³-hybridized carbons (Fsp3) is 0.286. The fourth-order valence-corrected chi connectivity index (χ4v) is 4.45. The Labute approximate surface area is 199 Å². The summed E-state index contributed by atoms with van der Waals surface area (Å²) in [5.74, 6) is 0. The Balaban J connectivity index is 0.000000183. The minimum absolute atomic E-state index is 0.290. The first-order chi connectivity index (χ1) is 14.4. The van der Waals surface area contributed by atoms with Crippen LogP contribution in [0, 0.1) is 27.7 Å². The molecule has 0 aliphatic rings. The predicted octanol–water partition coefficient (Wildman–Crippen LogP) is 8.43. The van der Waals surface area contributed by atoms with Crippen molar-refractivity contribution in [3.05, 3.63) is 95.1 Å². The third-order valence-corrected chi connectivity index (χ3v) is 18.4. The number of aryl methyl sites for hydroxylation is 2. The van der Waals surface area contributed by atoms with Gasteiger partial charge in [-0.2, -0.15) is 28.3 Å². The smallest absolute Gasteiger partial charge is 0.0623 e. The van der Waals surface area contributed by atoms with Gasteiger partial charge in [0.15, 0.2) is 0 Å². The van der Waals surface area contributed by atoms with E-state index in [9.17, 15) is 0 Å². The van der Waals surface area contributed by atoms with Gasteiger partial charge in [0.05, 0.1) is 0 Å². The van der Waals surface area contributed by atoms with Crippen molar-refractivity contribution in [2.24, 2.45) is 0 Å². The van der Waals surface area contributed by atoms with Crippen LogP contribution in [-0.4, -0.2) is 9.98 Å². The zero-order valence-electron chi connectivity index (χ0n) is 19.3. The van der Waals surface area contributed by atoms with Crippen LogP contribution in [0.15, 0.2) is 72.8 Å². The summed E-state index contributed by atoms with van der Waals surface area (Å²) in [6.07, 6.45) is 0. The number of fused-ring (bicyclic) bond motifs is 1. The van der Waals surface area contributed by atoms with Gasteiger partial charge in [-0.15, -0.1) is 46.7 Å². The van der Waals surface area contributed by atoms with E-state index in [0.29, 0.717) is 0 Å². The molecule has 0 atom stereocenters. The molecule has 0 N–H and O–H groups in total. The van der Waals surface area contributed by atoms with Crippen LogP contribution >= 0.6 is 0 Å². The summed E-state index contributed by atoms with van der Waals surface area (Å²) in [6, 6.07) is 25.6. The molecule has 0 nitrogen and oxygen atoms in total. The van der Waals surface area contributed by atoms with Crippen LogP contribution in [0.1, 0.15) is 36.1 Å². The maximum Gasteiger partial charge on any atom is -0.0623 e.